The molecule has 4 heteroatoms. The normalized spacial score (nSPS) is 10.3. The molecule has 3 aromatic rings. The number of ether oxygens (including phenoxy) is 2. The standard InChI is InChI=1S/C29H28O4/c1-4-28(30)32-26-16-10-22(11-17-26)6-7-24-9-15-25(21(3)20-24)14-8-23-12-18-27(19-13-23)33-29(31)5-2/h4-5,9-13,15-20H,1-2,6-8,14H2,3H3. The second-order valence-electron chi connectivity index (χ2n) is 7.80. The molecule has 0 saturated heterocycles. The number of esters is 2. The summed E-state index contributed by atoms with van der Waals surface area (Å²) in [6.45, 7) is 8.95. The number of carbonyl (C=O) groups excluding carboxylic acids is 2. The zero-order valence-electron chi connectivity index (χ0n) is 18.9. The molecule has 0 aliphatic heterocycles. The summed E-state index contributed by atoms with van der Waals surface area (Å²) in [5.74, 6) is 0.140. The second-order valence-corrected chi connectivity index (χ2v) is 7.80. The number of rotatable bonds is 10. The molecule has 0 bridgehead atoms. The van der Waals surface area contributed by atoms with E-state index in [0.29, 0.717) is 11.5 Å². The summed E-state index contributed by atoms with van der Waals surface area (Å²) >= 11 is 0. The molecule has 33 heavy (non-hydrogen) atoms. The Morgan fingerprint density at radius 3 is 1.55 bits per heavy atom. The van der Waals surface area contributed by atoms with Crippen molar-refractivity contribution in [1.82, 2.24) is 0 Å². The van der Waals surface area contributed by atoms with E-state index in [0.717, 1.165) is 37.8 Å². The van der Waals surface area contributed by atoms with Crippen molar-refractivity contribution in [2.45, 2.75) is 32.6 Å². The van der Waals surface area contributed by atoms with Crippen LogP contribution in [0.2, 0.25) is 0 Å². The van der Waals surface area contributed by atoms with Crippen molar-refractivity contribution < 1.29 is 19.1 Å². The van der Waals surface area contributed by atoms with Crippen LogP contribution in [0.4, 0.5) is 0 Å². The van der Waals surface area contributed by atoms with E-state index >= 15 is 0 Å². The van der Waals surface area contributed by atoms with Crippen LogP contribution in [0.15, 0.2) is 92.0 Å². The first kappa shape index (κ1) is 23.7. The van der Waals surface area contributed by atoms with Crippen LogP contribution in [0.5, 0.6) is 11.5 Å². The Morgan fingerprint density at radius 2 is 1.09 bits per heavy atom. The first-order valence-corrected chi connectivity index (χ1v) is 10.9. The molecular weight excluding hydrogens is 412 g/mol. The lowest BCUT2D eigenvalue weighted by Crippen LogP contribution is -2.03. The van der Waals surface area contributed by atoms with Gasteiger partial charge in [0.25, 0.3) is 0 Å². The van der Waals surface area contributed by atoms with E-state index < -0.39 is 11.9 Å². The molecule has 0 heterocycles. The average molecular weight is 441 g/mol. The van der Waals surface area contributed by atoms with Crippen LogP contribution in [-0.2, 0) is 35.3 Å². The van der Waals surface area contributed by atoms with Gasteiger partial charge in [-0.15, -0.1) is 0 Å². The predicted molar refractivity (Wildman–Crippen MR) is 131 cm³/mol. The van der Waals surface area contributed by atoms with Gasteiger partial charge < -0.3 is 9.47 Å². The van der Waals surface area contributed by atoms with Crippen molar-refractivity contribution in [3.8, 4) is 11.5 Å². The zero-order valence-corrected chi connectivity index (χ0v) is 18.9. The molecule has 0 saturated carbocycles. The SMILES string of the molecule is C=CC(=O)Oc1ccc(CCc2ccc(CCc3ccc(OC(=O)C=C)cc3)c(C)c2)cc1. The van der Waals surface area contributed by atoms with Gasteiger partial charge in [0.2, 0.25) is 0 Å². The van der Waals surface area contributed by atoms with Gasteiger partial charge in [-0.1, -0.05) is 55.6 Å². The maximum absolute atomic E-state index is 11.3. The van der Waals surface area contributed by atoms with E-state index in [9.17, 15) is 9.59 Å². The molecule has 168 valence electrons. The Kier molecular flexibility index (Phi) is 8.36. The predicted octanol–water partition coefficient (Wildman–Crippen LogP) is 5.75. The Morgan fingerprint density at radius 1 is 0.667 bits per heavy atom. The number of hydrogen-bond donors (Lipinski definition) is 0. The third-order valence-electron chi connectivity index (χ3n) is 5.41. The van der Waals surface area contributed by atoms with Crippen molar-refractivity contribution in [1.29, 1.82) is 0 Å². The van der Waals surface area contributed by atoms with Crippen LogP contribution >= 0.6 is 0 Å². The van der Waals surface area contributed by atoms with E-state index in [2.05, 4.69) is 38.3 Å². The quantitative estimate of drug-likeness (QED) is 0.229. The first-order chi connectivity index (χ1) is 16.0. The van der Waals surface area contributed by atoms with Crippen molar-refractivity contribution >= 4 is 11.9 Å². The highest BCUT2D eigenvalue weighted by molar-refractivity contribution is 5.83. The highest BCUT2D eigenvalue weighted by Crippen LogP contribution is 2.19. The summed E-state index contributed by atoms with van der Waals surface area (Å²) in [6.07, 6.45) is 6.02. The fourth-order valence-corrected chi connectivity index (χ4v) is 3.53. The van der Waals surface area contributed by atoms with Crippen LogP contribution in [-0.4, -0.2) is 11.9 Å². The van der Waals surface area contributed by atoms with Gasteiger partial charge in [-0.3, -0.25) is 0 Å². The second kappa shape index (κ2) is 11.6. The molecule has 0 aliphatic rings. The Labute approximate surface area is 195 Å². The van der Waals surface area contributed by atoms with Gasteiger partial charge in [0.05, 0.1) is 0 Å². The molecule has 0 fully saturated rings. The smallest absolute Gasteiger partial charge is 0.335 e. The lowest BCUT2D eigenvalue weighted by molar-refractivity contribution is -0.129. The Hall–Kier alpha value is -3.92. The van der Waals surface area contributed by atoms with Crippen LogP contribution in [0.1, 0.15) is 27.8 Å². The van der Waals surface area contributed by atoms with Crippen LogP contribution in [0.3, 0.4) is 0 Å². The topological polar surface area (TPSA) is 52.6 Å². The largest absolute Gasteiger partial charge is 0.423 e. The summed E-state index contributed by atoms with van der Waals surface area (Å²) in [7, 11) is 0. The number of aryl methyl sites for hydroxylation is 5. The minimum atomic E-state index is -0.454. The van der Waals surface area contributed by atoms with E-state index in [1.54, 1.807) is 12.1 Å². The lowest BCUT2D eigenvalue weighted by atomic mass is 9.96. The van der Waals surface area contributed by atoms with Gasteiger partial charge in [-0.05, 0) is 84.7 Å². The maximum Gasteiger partial charge on any atom is 0.335 e. The van der Waals surface area contributed by atoms with Gasteiger partial charge in [0, 0.05) is 12.2 Å². The van der Waals surface area contributed by atoms with Gasteiger partial charge >= 0.3 is 11.9 Å². The molecule has 0 N–H and O–H groups in total. The molecule has 0 atom stereocenters. The molecule has 3 aromatic carbocycles. The molecule has 0 amide bonds. The highest BCUT2D eigenvalue weighted by atomic mass is 16.5. The Balaban J connectivity index is 1.51. The summed E-state index contributed by atoms with van der Waals surface area (Å²) in [5, 5.41) is 0. The van der Waals surface area contributed by atoms with Gasteiger partial charge in [0.1, 0.15) is 11.5 Å². The van der Waals surface area contributed by atoms with E-state index in [1.165, 1.54) is 27.8 Å². The number of hydrogen-bond acceptors (Lipinski definition) is 4. The first-order valence-electron chi connectivity index (χ1n) is 10.9. The minimum Gasteiger partial charge on any atom is -0.423 e. The molecule has 0 aromatic heterocycles. The monoisotopic (exact) mass is 440 g/mol. The highest BCUT2D eigenvalue weighted by Gasteiger charge is 2.05. The van der Waals surface area contributed by atoms with E-state index in [4.69, 9.17) is 9.47 Å². The molecular formula is C29H28O4. The zero-order chi connectivity index (χ0) is 23.6. The maximum atomic E-state index is 11.3. The summed E-state index contributed by atoms with van der Waals surface area (Å²) in [4.78, 5) is 22.5. The molecule has 0 aliphatic carbocycles. The minimum absolute atomic E-state index is 0.454. The average Bonchev–Trinajstić information content (AvgIpc) is 2.83. The third kappa shape index (κ3) is 7.32. The van der Waals surface area contributed by atoms with Crippen molar-refractivity contribution in [3.05, 3.63) is 120 Å². The third-order valence-corrected chi connectivity index (χ3v) is 5.41. The van der Waals surface area contributed by atoms with Gasteiger partial charge in [-0.2, -0.15) is 0 Å². The van der Waals surface area contributed by atoms with Crippen molar-refractivity contribution in [2.24, 2.45) is 0 Å². The van der Waals surface area contributed by atoms with Crippen molar-refractivity contribution in [3.63, 3.8) is 0 Å². The molecule has 0 unspecified atom stereocenters. The van der Waals surface area contributed by atoms with Gasteiger partial charge in [-0.25, -0.2) is 9.59 Å². The Bertz CT molecular complexity index is 1130. The molecule has 4 nitrogen and oxygen atoms in total. The fraction of sp³-hybridized carbons (Fsp3) is 0.172. The van der Waals surface area contributed by atoms with Gasteiger partial charge in [0.15, 0.2) is 0 Å². The summed E-state index contributed by atoms with van der Waals surface area (Å²) in [6, 6.07) is 21.8. The van der Waals surface area contributed by atoms with E-state index in [-0.39, 0.29) is 0 Å². The van der Waals surface area contributed by atoms with Crippen LogP contribution in [0, 0.1) is 6.92 Å². The fourth-order valence-electron chi connectivity index (χ4n) is 3.53. The number of carbonyl (C=O) groups is 2. The lowest BCUT2D eigenvalue weighted by Gasteiger charge is -2.10. The summed E-state index contributed by atoms with van der Waals surface area (Å²) in [5.41, 5.74) is 6.30. The van der Waals surface area contributed by atoms with Crippen molar-refractivity contribution in [2.75, 3.05) is 0 Å². The molecule has 0 radical (unpaired) electrons. The molecule has 3 rings (SSSR count). The number of benzene rings is 3. The van der Waals surface area contributed by atoms with E-state index in [1.807, 2.05) is 36.4 Å². The molecule has 0 spiro atoms. The summed E-state index contributed by atoms with van der Waals surface area (Å²) < 4.78 is 10.2. The van der Waals surface area contributed by atoms with Crippen LogP contribution < -0.4 is 9.47 Å². The van der Waals surface area contributed by atoms with Crippen LogP contribution in [0.25, 0.3) is 0 Å².